The molecular formula is C18H27FN2O. The Labute approximate surface area is 132 Å². The fourth-order valence-electron chi connectivity index (χ4n) is 3.20. The van der Waals surface area contributed by atoms with Crippen LogP contribution in [0.5, 0.6) is 0 Å². The van der Waals surface area contributed by atoms with E-state index in [1.54, 1.807) is 0 Å². The third-order valence-corrected chi connectivity index (χ3v) is 4.58. The van der Waals surface area contributed by atoms with Crippen molar-refractivity contribution in [1.29, 1.82) is 0 Å². The summed E-state index contributed by atoms with van der Waals surface area (Å²) in [7, 11) is 0. The maximum Gasteiger partial charge on any atom is 0.153 e. The first-order valence-corrected chi connectivity index (χ1v) is 8.27. The molecule has 0 saturated carbocycles. The number of carbonyl (C=O) groups excluding carboxylic acids is 1. The first-order valence-electron chi connectivity index (χ1n) is 8.27. The number of hydrogen-bond acceptors (Lipinski definition) is 3. The van der Waals surface area contributed by atoms with Crippen LogP contribution in [-0.2, 0) is 11.2 Å². The van der Waals surface area contributed by atoms with E-state index in [4.69, 9.17) is 5.73 Å². The van der Waals surface area contributed by atoms with Gasteiger partial charge < -0.3 is 5.73 Å². The molecule has 1 aliphatic heterocycles. The second kappa shape index (κ2) is 7.84. The van der Waals surface area contributed by atoms with Crippen molar-refractivity contribution < 1.29 is 9.18 Å². The summed E-state index contributed by atoms with van der Waals surface area (Å²) in [5.41, 5.74) is 7.35. The predicted octanol–water partition coefficient (Wildman–Crippen LogP) is 2.78. The largest absolute Gasteiger partial charge is 0.320 e. The van der Waals surface area contributed by atoms with E-state index < -0.39 is 6.04 Å². The number of nitrogens with two attached hydrogens (primary N) is 1. The lowest BCUT2D eigenvalue weighted by molar-refractivity contribution is -0.125. The van der Waals surface area contributed by atoms with Gasteiger partial charge in [-0.2, -0.15) is 0 Å². The number of ketones is 1. The Morgan fingerprint density at radius 1 is 1.32 bits per heavy atom. The van der Waals surface area contributed by atoms with Crippen LogP contribution in [0.15, 0.2) is 24.3 Å². The third-order valence-electron chi connectivity index (χ3n) is 4.58. The van der Waals surface area contributed by atoms with Gasteiger partial charge >= 0.3 is 0 Å². The lowest BCUT2D eigenvalue weighted by Crippen LogP contribution is -2.55. The smallest absolute Gasteiger partial charge is 0.153 e. The molecule has 2 rings (SSSR count). The highest BCUT2D eigenvalue weighted by Gasteiger charge is 2.32. The van der Waals surface area contributed by atoms with Gasteiger partial charge in [0.25, 0.3) is 0 Å². The molecule has 1 heterocycles. The maximum absolute atomic E-state index is 12.9. The van der Waals surface area contributed by atoms with E-state index in [0.29, 0.717) is 0 Å². The molecule has 1 aliphatic rings. The zero-order valence-corrected chi connectivity index (χ0v) is 13.6. The van der Waals surface area contributed by atoms with E-state index in [2.05, 4.69) is 4.90 Å². The number of carbonyl (C=O) groups is 1. The minimum Gasteiger partial charge on any atom is -0.320 e. The van der Waals surface area contributed by atoms with Crippen LogP contribution in [-0.4, -0.2) is 35.9 Å². The summed E-state index contributed by atoms with van der Waals surface area (Å²) in [4.78, 5) is 14.6. The Kier molecular flexibility index (Phi) is 6.09. The summed E-state index contributed by atoms with van der Waals surface area (Å²) < 4.78 is 12.9. The van der Waals surface area contributed by atoms with E-state index in [1.807, 2.05) is 26.0 Å². The van der Waals surface area contributed by atoms with Gasteiger partial charge in [0.1, 0.15) is 5.82 Å². The van der Waals surface area contributed by atoms with Gasteiger partial charge in [0.05, 0.1) is 6.04 Å². The van der Waals surface area contributed by atoms with E-state index in [-0.39, 0.29) is 23.6 Å². The summed E-state index contributed by atoms with van der Waals surface area (Å²) in [6.45, 7) is 5.68. The Morgan fingerprint density at radius 2 is 2.00 bits per heavy atom. The lowest BCUT2D eigenvalue weighted by Gasteiger charge is -2.39. The number of nitrogens with zero attached hydrogens (tertiary/aromatic N) is 1. The summed E-state index contributed by atoms with van der Waals surface area (Å²) >= 11 is 0. The topological polar surface area (TPSA) is 46.3 Å². The number of likely N-dealkylation sites (tertiary alicyclic amines) is 1. The molecule has 1 fully saturated rings. The van der Waals surface area contributed by atoms with Crippen molar-refractivity contribution in [3.8, 4) is 0 Å². The van der Waals surface area contributed by atoms with Crippen LogP contribution in [0.4, 0.5) is 4.39 Å². The fourth-order valence-corrected chi connectivity index (χ4v) is 3.20. The van der Waals surface area contributed by atoms with Crippen molar-refractivity contribution >= 4 is 5.78 Å². The van der Waals surface area contributed by atoms with Gasteiger partial charge in [0.15, 0.2) is 5.78 Å². The first kappa shape index (κ1) is 17.1. The molecule has 0 spiro atoms. The number of piperidine rings is 1. The van der Waals surface area contributed by atoms with Crippen LogP contribution < -0.4 is 5.73 Å². The lowest BCUT2D eigenvalue weighted by atomic mass is 9.89. The quantitative estimate of drug-likeness (QED) is 0.879. The molecule has 2 unspecified atom stereocenters. The molecule has 0 aliphatic carbocycles. The summed E-state index contributed by atoms with van der Waals surface area (Å²) in [5, 5.41) is 0. The van der Waals surface area contributed by atoms with Crippen LogP contribution in [0.3, 0.4) is 0 Å². The molecule has 1 saturated heterocycles. The van der Waals surface area contributed by atoms with Gasteiger partial charge in [0, 0.05) is 18.5 Å². The van der Waals surface area contributed by atoms with E-state index in [1.165, 1.54) is 12.1 Å². The van der Waals surface area contributed by atoms with E-state index in [0.717, 1.165) is 44.3 Å². The van der Waals surface area contributed by atoms with Crippen molar-refractivity contribution in [1.82, 2.24) is 4.90 Å². The minimum atomic E-state index is -0.395. The average Bonchev–Trinajstić information content (AvgIpc) is 2.53. The minimum absolute atomic E-state index is 0.0177. The molecule has 3 nitrogen and oxygen atoms in total. The summed E-state index contributed by atoms with van der Waals surface area (Å²) in [5.74, 6) is -0.0706. The van der Waals surface area contributed by atoms with Crippen molar-refractivity contribution in [2.24, 2.45) is 11.7 Å². The fraction of sp³-hybridized carbons (Fsp3) is 0.611. The zero-order chi connectivity index (χ0) is 16.1. The molecule has 1 aromatic rings. The average molecular weight is 306 g/mol. The first-order chi connectivity index (χ1) is 10.5. The molecule has 0 aromatic heterocycles. The van der Waals surface area contributed by atoms with Crippen LogP contribution in [0.2, 0.25) is 0 Å². The number of Topliss-reactive ketones (excluding diaryl/α,β-unsaturated/α-hetero) is 1. The van der Waals surface area contributed by atoms with Crippen LogP contribution in [0.25, 0.3) is 0 Å². The predicted molar refractivity (Wildman–Crippen MR) is 87.1 cm³/mol. The van der Waals surface area contributed by atoms with Gasteiger partial charge in [-0.1, -0.05) is 32.4 Å². The SMILES string of the molecule is CC(C)C(=O)C(N)C1CCCCN1CCc1ccc(F)cc1. The molecule has 0 bridgehead atoms. The van der Waals surface area contributed by atoms with Crippen molar-refractivity contribution in [3.63, 3.8) is 0 Å². The van der Waals surface area contributed by atoms with Gasteiger partial charge in [-0.15, -0.1) is 0 Å². The second-order valence-corrected chi connectivity index (χ2v) is 6.56. The molecule has 0 amide bonds. The molecule has 2 N–H and O–H groups in total. The highest BCUT2D eigenvalue weighted by molar-refractivity contribution is 5.86. The van der Waals surface area contributed by atoms with Crippen molar-refractivity contribution in [2.75, 3.05) is 13.1 Å². The van der Waals surface area contributed by atoms with Crippen LogP contribution >= 0.6 is 0 Å². The number of rotatable bonds is 6. The van der Waals surface area contributed by atoms with Gasteiger partial charge in [0.2, 0.25) is 0 Å². The summed E-state index contributed by atoms with van der Waals surface area (Å²) in [6.07, 6.45) is 4.14. The number of halogens is 1. The normalized spacial score (nSPS) is 21.0. The highest BCUT2D eigenvalue weighted by atomic mass is 19.1. The van der Waals surface area contributed by atoms with E-state index >= 15 is 0 Å². The molecule has 122 valence electrons. The van der Waals surface area contributed by atoms with Crippen LogP contribution in [0.1, 0.15) is 38.7 Å². The molecule has 2 atom stereocenters. The summed E-state index contributed by atoms with van der Waals surface area (Å²) in [6, 6.07) is 6.40. The molecule has 22 heavy (non-hydrogen) atoms. The third kappa shape index (κ3) is 4.37. The van der Waals surface area contributed by atoms with Crippen molar-refractivity contribution in [2.45, 2.75) is 51.6 Å². The standard InChI is InChI=1S/C18H27FN2O/c1-13(2)18(22)17(20)16-5-3-4-11-21(16)12-10-14-6-8-15(19)9-7-14/h6-9,13,16-17H,3-5,10-12,20H2,1-2H3. The van der Waals surface area contributed by atoms with Gasteiger partial charge in [-0.05, 0) is 43.5 Å². The Balaban J connectivity index is 1.97. The highest BCUT2D eigenvalue weighted by Crippen LogP contribution is 2.21. The molecule has 4 heteroatoms. The number of hydrogen-bond donors (Lipinski definition) is 1. The molecule has 1 aromatic carbocycles. The van der Waals surface area contributed by atoms with Gasteiger partial charge in [-0.3, -0.25) is 9.69 Å². The van der Waals surface area contributed by atoms with Gasteiger partial charge in [-0.25, -0.2) is 4.39 Å². The zero-order valence-electron chi connectivity index (χ0n) is 13.6. The van der Waals surface area contributed by atoms with E-state index in [9.17, 15) is 9.18 Å². The Bertz CT molecular complexity index is 486. The van der Waals surface area contributed by atoms with Crippen molar-refractivity contribution in [3.05, 3.63) is 35.6 Å². The Hall–Kier alpha value is -1.26. The maximum atomic E-state index is 12.9. The number of benzene rings is 1. The molecule has 0 radical (unpaired) electrons. The Morgan fingerprint density at radius 3 is 2.64 bits per heavy atom. The second-order valence-electron chi connectivity index (χ2n) is 6.56. The van der Waals surface area contributed by atoms with Crippen LogP contribution in [0, 0.1) is 11.7 Å². The molecular weight excluding hydrogens is 279 g/mol. The monoisotopic (exact) mass is 306 g/mol.